The molecule has 21 heavy (non-hydrogen) atoms. The molecule has 0 saturated heterocycles. The molecule has 106 valence electrons. The summed E-state index contributed by atoms with van der Waals surface area (Å²) in [5.41, 5.74) is 6.75. The summed E-state index contributed by atoms with van der Waals surface area (Å²) in [6.45, 7) is 1.59. The fraction of sp³-hybridized carbons (Fsp3) is 0.0714. The molecule has 1 aromatic heterocycles. The zero-order chi connectivity index (χ0) is 15.0. The maximum Gasteiger partial charge on any atom is 0.190 e. The standard InChI is InChI=1S/C14H11F2N5/c1-8-6-9(17)7-10(13(8)16)14-18-19-20-21(14)12-5-3-2-4-11(12)15/h2-7H,17H2,1H3. The molecule has 0 saturated carbocycles. The molecule has 0 aliphatic heterocycles. The number of nitrogens with zero attached hydrogens (tertiary/aromatic N) is 4. The van der Waals surface area contributed by atoms with Crippen molar-refractivity contribution in [2.75, 3.05) is 5.73 Å². The number of anilines is 1. The molecule has 0 fully saturated rings. The van der Waals surface area contributed by atoms with Crippen LogP contribution in [-0.2, 0) is 0 Å². The molecule has 2 N–H and O–H groups in total. The molecule has 3 rings (SSSR count). The van der Waals surface area contributed by atoms with Gasteiger partial charge in [0.15, 0.2) is 5.82 Å². The van der Waals surface area contributed by atoms with Gasteiger partial charge in [-0.25, -0.2) is 8.78 Å². The fourth-order valence-electron chi connectivity index (χ4n) is 2.10. The van der Waals surface area contributed by atoms with Crippen molar-refractivity contribution in [2.45, 2.75) is 6.92 Å². The van der Waals surface area contributed by atoms with Crippen molar-refractivity contribution < 1.29 is 8.78 Å². The molecule has 2 aromatic carbocycles. The molecular weight excluding hydrogens is 276 g/mol. The van der Waals surface area contributed by atoms with Gasteiger partial charge in [-0.2, -0.15) is 4.68 Å². The van der Waals surface area contributed by atoms with Crippen molar-refractivity contribution in [3.05, 3.63) is 53.6 Å². The molecule has 0 amide bonds. The number of halogens is 2. The van der Waals surface area contributed by atoms with Gasteiger partial charge in [0, 0.05) is 5.69 Å². The lowest BCUT2D eigenvalue weighted by atomic mass is 10.1. The van der Waals surface area contributed by atoms with Crippen molar-refractivity contribution in [1.82, 2.24) is 20.2 Å². The van der Waals surface area contributed by atoms with Gasteiger partial charge < -0.3 is 5.73 Å². The molecule has 0 aliphatic carbocycles. The summed E-state index contributed by atoms with van der Waals surface area (Å²) in [7, 11) is 0. The van der Waals surface area contributed by atoms with Gasteiger partial charge in [0.05, 0.1) is 5.56 Å². The molecule has 5 nitrogen and oxygen atoms in total. The maximum atomic E-state index is 14.3. The molecule has 0 aliphatic rings. The van der Waals surface area contributed by atoms with Gasteiger partial charge in [-0.1, -0.05) is 12.1 Å². The largest absolute Gasteiger partial charge is 0.399 e. The Morgan fingerprint density at radius 2 is 1.90 bits per heavy atom. The summed E-state index contributed by atoms with van der Waals surface area (Å²) in [5.74, 6) is -0.906. The number of nitrogen functional groups attached to an aromatic ring is 1. The van der Waals surface area contributed by atoms with Crippen LogP contribution in [0, 0.1) is 18.6 Å². The molecule has 0 unspecified atom stereocenters. The first-order valence-electron chi connectivity index (χ1n) is 6.17. The average Bonchev–Trinajstić information content (AvgIpc) is 2.92. The van der Waals surface area contributed by atoms with Gasteiger partial charge in [-0.05, 0) is 47.2 Å². The molecule has 7 heteroatoms. The zero-order valence-electron chi connectivity index (χ0n) is 11.1. The second kappa shape index (κ2) is 4.93. The highest BCUT2D eigenvalue weighted by Crippen LogP contribution is 2.27. The van der Waals surface area contributed by atoms with E-state index in [1.807, 2.05) is 0 Å². The van der Waals surface area contributed by atoms with Crippen LogP contribution in [0.2, 0.25) is 0 Å². The van der Waals surface area contributed by atoms with Gasteiger partial charge in [0.25, 0.3) is 0 Å². The summed E-state index contributed by atoms with van der Waals surface area (Å²) in [6.07, 6.45) is 0. The Hall–Kier alpha value is -2.83. The van der Waals surface area contributed by atoms with Crippen LogP contribution in [0.4, 0.5) is 14.5 Å². The van der Waals surface area contributed by atoms with Crippen LogP contribution in [-0.4, -0.2) is 20.2 Å². The maximum absolute atomic E-state index is 14.3. The highest BCUT2D eigenvalue weighted by atomic mass is 19.1. The van der Waals surface area contributed by atoms with Crippen molar-refractivity contribution in [3.8, 4) is 17.1 Å². The van der Waals surface area contributed by atoms with E-state index < -0.39 is 11.6 Å². The molecular formula is C14H11F2N5. The van der Waals surface area contributed by atoms with Crippen LogP contribution in [0.5, 0.6) is 0 Å². The van der Waals surface area contributed by atoms with E-state index >= 15 is 0 Å². The minimum atomic E-state index is -0.507. The lowest BCUT2D eigenvalue weighted by Gasteiger charge is -2.08. The third-order valence-electron chi connectivity index (χ3n) is 3.07. The third kappa shape index (κ3) is 2.22. The second-order valence-electron chi connectivity index (χ2n) is 4.57. The van der Waals surface area contributed by atoms with Gasteiger partial charge in [-0.15, -0.1) is 5.10 Å². The highest BCUT2D eigenvalue weighted by molar-refractivity contribution is 5.65. The number of hydrogen-bond acceptors (Lipinski definition) is 4. The van der Waals surface area contributed by atoms with Gasteiger partial charge in [0.1, 0.15) is 17.3 Å². The minimum Gasteiger partial charge on any atom is -0.399 e. The van der Waals surface area contributed by atoms with Gasteiger partial charge in [0.2, 0.25) is 0 Å². The van der Waals surface area contributed by atoms with Gasteiger partial charge >= 0.3 is 0 Å². The summed E-state index contributed by atoms with van der Waals surface area (Å²) in [5, 5.41) is 11.0. The minimum absolute atomic E-state index is 0.0907. The van der Waals surface area contributed by atoms with Crippen molar-refractivity contribution >= 4 is 5.69 Å². The quantitative estimate of drug-likeness (QED) is 0.735. The number of tetrazole rings is 1. The summed E-state index contributed by atoms with van der Waals surface area (Å²) in [4.78, 5) is 0. The Morgan fingerprint density at radius 3 is 2.67 bits per heavy atom. The number of rotatable bonds is 2. The third-order valence-corrected chi connectivity index (χ3v) is 3.07. The van der Waals surface area contributed by atoms with Crippen LogP contribution < -0.4 is 5.73 Å². The number of aryl methyl sites for hydroxylation is 1. The Labute approximate surface area is 119 Å². The first-order chi connectivity index (χ1) is 10.1. The average molecular weight is 287 g/mol. The van der Waals surface area contributed by atoms with Gasteiger partial charge in [-0.3, -0.25) is 0 Å². The second-order valence-corrected chi connectivity index (χ2v) is 4.57. The van der Waals surface area contributed by atoms with Crippen LogP contribution in [0.3, 0.4) is 0 Å². The summed E-state index contributed by atoms with van der Waals surface area (Å²) < 4.78 is 29.3. The smallest absolute Gasteiger partial charge is 0.190 e. The lowest BCUT2D eigenvalue weighted by Crippen LogP contribution is -2.04. The zero-order valence-corrected chi connectivity index (χ0v) is 11.1. The molecule has 0 atom stereocenters. The van der Waals surface area contributed by atoms with Crippen molar-refractivity contribution in [2.24, 2.45) is 0 Å². The number of hydrogen-bond donors (Lipinski definition) is 1. The van der Waals surface area contributed by atoms with E-state index in [0.717, 1.165) is 4.68 Å². The number of para-hydroxylation sites is 1. The lowest BCUT2D eigenvalue weighted by molar-refractivity contribution is 0.604. The number of nitrogens with two attached hydrogens (primary N) is 1. The number of aromatic nitrogens is 4. The Morgan fingerprint density at radius 1 is 1.14 bits per heavy atom. The first-order valence-corrected chi connectivity index (χ1v) is 6.17. The first kappa shape index (κ1) is 13.2. The van der Waals surface area contributed by atoms with E-state index in [1.165, 1.54) is 24.3 Å². The number of benzene rings is 2. The molecule has 0 radical (unpaired) electrons. The molecule has 1 heterocycles. The monoisotopic (exact) mass is 287 g/mol. The van der Waals surface area contributed by atoms with Crippen LogP contribution in [0.25, 0.3) is 17.1 Å². The van der Waals surface area contributed by atoms with Crippen LogP contribution in [0.1, 0.15) is 5.56 Å². The van der Waals surface area contributed by atoms with Crippen LogP contribution >= 0.6 is 0 Å². The highest BCUT2D eigenvalue weighted by Gasteiger charge is 2.18. The molecule has 0 spiro atoms. The van der Waals surface area contributed by atoms with Crippen molar-refractivity contribution in [3.63, 3.8) is 0 Å². The van der Waals surface area contributed by atoms with E-state index in [-0.39, 0.29) is 17.1 Å². The Kier molecular flexibility index (Phi) is 3.09. The summed E-state index contributed by atoms with van der Waals surface area (Å²) >= 11 is 0. The van der Waals surface area contributed by atoms with E-state index in [2.05, 4.69) is 15.5 Å². The summed E-state index contributed by atoms with van der Waals surface area (Å²) in [6, 6.07) is 8.91. The van der Waals surface area contributed by atoms with Crippen molar-refractivity contribution in [1.29, 1.82) is 0 Å². The van der Waals surface area contributed by atoms with E-state index in [4.69, 9.17) is 5.73 Å². The predicted octanol–water partition coefficient (Wildman–Crippen LogP) is 2.50. The van der Waals surface area contributed by atoms with E-state index in [9.17, 15) is 8.78 Å². The topological polar surface area (TPSA) is 69.6 Å². The van der Waals surface area contributed by atoms with E-state index in [1.54, 1.807) is 19.1 Å². The van der Waals surface area contributed by atoms with Crippen LogP contribution in [0.15, 0.2) is 36.4 Å². The SMILES string of the molecule is Cc1cc(N)cc(-c2nnnn2-c2ccccc2F)c1F. The fourth-order valence-corrected chi connectivity index (χ4v) is 2.10. The van der Waals surface area contributed by atoms with E-state index in [0.29, 0.717) is 11.3 Å². The predicted molar refractivity (Wildman–Crippen MR) is 73.7 cm³/mol. The Bertz CT molecular complexity index is 813. The normalized spacial score (nSPS) is 10.8. The molecule has 0 bridgehead atoms. The Balaban J connectivity index is 2.23. The molecule has 3 aromatic rings.